The van der Waals surface area contributed by atoms with Gasteiger partial charge in [0.2, 0.25) is 0 Å². The normalized spacial score (nSPS) is 32.4. The van der Waals surface area contributed by atoms with Gasteiger partial charge >= 0.3 is 150 Å². The first-order valence-electron chi connectivity index (χ1n) is 9.78. The molecule has 4 aliphatic heterocycles. The molecule has 2 atom stereocenters. The molecule has 4 fully saturated rings. The predicted octanol–water partition coefficient (Wildman–Crippen LogP) is 2.83. The Kier molecular flexibility index (Phi) is 3.29. The molecule has 1 spiro atoms. The molecule has 5 heterocycles. The SMILES string of the molecule is Cc1nc(N(CCCC2CCN(C)CC2)P234CC2C3C4)ncc1C#N. The monoisotopic (exact) mass is 357 g/mol. The van der Waals surface area contributed by atoms with Crippen molar-refractivity contribution in [1.82, 2.24) is 14.9 Å². The van der Waals surface area contributed by atoms with Gasteiger partial charge in [0.1, 0.15) is 0 Å². The maximum atomic E-state index is 9.15. The van der Waals surface area contributed by atoms with Crippen molar-refractivity contribution in [2.45, 2.75) is 43.9 Å². The number of rotatable bonds is 6. The van der Waals surface area contributed by atoms with E-state index in [-0.39, 0.29) is 0 Å². The number of hydrogen-bond donors (Lipinski definition) is 0. The van der Waals surface area contributed by atoms with Gasteiger partial charge in [-0.05, 0) is 0 Å². The van der Waals surface area contributed by atoms with Gasteiger partial charge in [-0.1, -0.05) is 0 Å². The third-order valence-corrected chi connectivity index (χ3v) is 14.8. The molecule has 2 unspecified atom stereocenters. The molecular formula is C19H28N5P. The first-order chi connectivity index (χ1) is 12.1. The van der Waals surface area contributed by atoms with Gasteiger partial charge in [-0.25, -0.2) is 0 Å². The van der Waals surface area contributed by atoms with Gasteiger partial charge in [0.05, 0.1) is 0 Å². The van der Waals surface area contributed by atoms with Gasteiger partial charge < -0.3 is 0 Å². The van der Waals surface area contributed by atoms with Gasteiger partial charge in [0, 0.05) is 0 Å². The molecule has 0 N–H and O–H groups in total. The molecule has 5 rings (SSSR count). The third kappa shape index (κ3) is 2.14. The van der Waals surface area contributed by atoms with E-state index in [0.29, 0.717) is 5.56 Å². The molecule has 25 heavy (non-hydrogen) atoms. The van der Waals surface area contributed by atoms with E-state index in [1.165, 1.54) is 51.1 Å². The number of likely N-dealkylation sites (tertiary alicyclic amines) is 1. The van der Waals surface area contributed by atoms with Crippen molar-refractivity contribution in [3.63, 3.8) is 0 Å². The zero-order chi connectivity index (χ0) is 17.3. The Morgan fingerprint density at radius 1 is 1.32 bits per heavy atom. The average Bonchev–Trinajstić information content (AvgIpc) is 3.52. The van der Waals surface area contributed by atoms with Crippen LogP contribution in [0.4, 0.5) is 5.95 Å². The van der Waals surface area contributed by atoms with Gasteiger partial charge in [-0.3, -0.25) is 0 Å². The number of anilines is 1. The summed E-state index contributed by atoms with van der Waals surface area (Å²) in [4.78, 5) is 11.8. The number of nitriles is 1. The second kappa shape index (κ2) is 5.15. The fourth-order valence-corrected chi connectivity index (χ4v) is 13.9. The Morgan fingerprint density at radius 3 is 2.60 bits per heavy atom. The van der Waals surface area contributed by atoms with E-state index >= 15 is 0 Å². The molecule has 0 amide bonds. The summed E-state index contributed by atoms with van der Waals surface area (Å²) < 4.78 is 2.68. The first-order valence-corrected chi connectivity index (χ1v) is 12.5. The fourth-order valence-electron chi connectivity index (χ4n) is 5.51. The Morgan fingerprint density at radius 2 is 2.04 bits per heavy atom. The molecule has 0 saturated carbocycles. The number of fused-ring (bicyclic) bond motifs is 1. The van der Waals surface area contributed by atoms with Crippen LogP contribution in [0, 0.1) is 24.2 Å². The quantitative estimate of drug-likeness (QED) is 0.733. The summed E-state index contributed by atoms with van der Waals surface area (Å²) in [6.07, 6.45) is 10.0. The predicted molar refractivity (Wildman–Crippen MR) is 103 cm³/mol. The van der Waals surface area contributed by atoms with Crippen molar-refractivity contribution in [3.8, 4) is 6.07 Å². The zero-order valence-corrected chi connectivity index (χ0v) is 16.3. The third-order valence-electron chi connectivity index (χ3n) is 7.68. The molecule has 0 radical (unpaired) electrons. The summed E-state index contributed by atoms with van der Waals surface area (Å²) in [5.74, 6) is 1.83. The molecule has 4 saturated heterocycles. The van der Waals surface area contributed by atoms with Crippen LogP contribution in [0.25, 0.3) is 0 Å². The molecule has 0 aliphatic carbocycles. The van der Waals surface area contributed by atoms with Gasteiger partial charge in [0.15, 0.2) is 0 Å². The molecular weight excluding hydrogens is 329 g/mol. The number of nitrogens with zero attached hydrogens (tertiary/aromatic N) is 5. The number of aromatic nitrogens is 2. The molecule has 6 heteroatoms. The number of piperidine rings is 1. The summed E-state index contributed by atoms with van der Waals surface area (Å²) in [5.41, 5.74) is 3.55. The first kappa shape index (κ1) is 16.0. The summed E-state index contributed by atoms with van der Waals surface area (Å²) in [6.45, 7) is 4.15. The van der Waals surface area contributed by atoms with Crippen LogP contribution >= 0.6 is 6.75 Å². The van der Waals surface area contributed by atoms with Crippen LogP contribution in [0.2, 0.25) is 0 Å². The number of hydrogen-bond acceptors (Lipinski definition) is 5. The standard InChI is InChI=1S/C19H28N5P/c1-14-16(10-20)11-21-19(22-14)24(25-12-17(25)18(25)13-25)7-3-4-15-5-8-23(2)9-6-15/h11,15,17-18H,3-9,12-13H2,1-2H3. The van der Waals surface area contributed by atoms with E-state index in [2.05, 4.69) is 27.7 Å². The van der Waals surface area contributed by atoms with Crippen LogP contribution in [0.3, 0.4) is 0 Å². The fraction of sp³-hybridized carbons (Fsp3) is 0.737. The molecule has 5 nitrogen and oxygen atoms in total. The molecule has 0 bridgehead atoms. The molecule has 1 aromatic heterocycles. The molecule has 134 valence electrons. The Balaban J connectivity index is 1.28. The van der Waals surface area contributed by atoms with Crippen LogP contribution in [0.15, 0.2) is 6.20 Å². The van der Waals surface area contributed by atoms with Crippen molar-refractivity contribution in [3.05, 3.63) is 17.5 Å². The zero-order valence-electron chi connectivity index (χ0n) is 15.4. The van der Waals surface area contributed by atoms with Crippen molar-refractivity contribution in [2.75, 3.05) is 43.7 Å². The van der Waals surface area contributed by atoms with E-state index in [4.69, 9.17) is 10.2 Å². The van der Waals surface area contributed by atoms with Gasteiger partial charge in [0.25, 0.3) is 0 Å². The van der Waals surface area contributed by atoms with Gasteiger partial charge in [-0.2, -0.15) is 0 Å². The second-order valence-corrected chi connectivity index (χ2v) is 14.7. The van der Waals surface area contributed by atoms with Crippen molar-refractivity contribution < 1.29 is 0 Å². The second-order valence-electron chi connectivity index (χ2n) is 8.91. The topological polar surface area (TPSA) is 56.1 Å². The van der Waals surface area contributed by atoms with Gasteiger partial charge in [-0.15, -0.1) is 0 Å². The van der Waals surface area contributed by atoms with Crippen LogP contribution in [0.5, 0.6) is 0 Å². The van der Waals surface area contributed by atoms with E-state index < -0.39 is 6.75 Å². The summed E-state index contributed by atoms with van der Waals surface area (Å²) in [7, 11) is 2.24. The molecule has 1 aromatic rings. The van der Waals surface area contributed by atoms with E-state index in [9.17, 15) is 0 Å². The minimum atomic E-state index is -1.45. The summed E-state index contributed by atoms with van der Waals surface area (Å²) in [5, 5.41) is 9.15. The van der Waals surface area contributed by atoms with Crippen molar-refractivity contribution in [2.24, 2.45) is 5.92 Å². The Bertz CT molecular complexity index is 748. The van der Waals surface area contributed by atoms with Crippen LogP contribution in [0.1, 0.15) is 36.9 Å². The van der Waals surface area contributed by atoms with E-state index in [1.807, 2.05) is 6.92 Å². The van der Waals surface area contributed by atoms with Crippen molar-refractivity contribution >= 4 is 12.7 Å². The van der Waals surface area contributed by atoms with E-state index in [1.54, 1.807) is 6.20 Å². The van der Waals surface area contributed by atoms with E-state index in [0.717, 1.165) is 35.4 Å². The Hall–Kier alpha value is -1.24. The minimum absolute atomic E-state index is 0.612. The summed E-state index contributed by atoms with van der Waals surface area (Å²) >= 11 is 0. The average molecular weight is 357 g/mol. The molecule has 4 aliphatic rings. The molecule has 0 aromatic carbocycles. The maximum absolute atomic E-state index is 9.15. The van der Waals surface area contributed by atoms with Crippen LogP contribution in [-0.2, 0) is 0 Å². The summed E-state index contributed by atoms with van der Waals surface area (Å²) in [6, 6.07) is 2.20. The van der Waals surface area contributed by atoms with Crippen LogP contribution < -0.4 is 4.67 Å². The Labute approximate surface area is 150 Å². The van der Waals surface area contributed by atoms with Crippen molar-refractivity contribution in [1.29, 1.82) is 5.26 Å². The van der Waals surface area contributed by atoms with Crippen LogP contribution in [-0.4, -0.2) is 65.2 Å². The number of aryl methyl sites for hydroxylation is 1.